The summed E-state index contributed by atoms with van der Waals surface area (Å²) >= 11 is 0. The van der Waals surface area contributed by atoms with E-state index in [4.69, 9.17) is 4.74 Å². The zero-order valence-electron chi connectivity index (χ0n) is 11.8. The second-order valence-electron chi connectivity index (χ2n) is 5.51. The third kappa shape index (κ3) is 3.16. The number of benzene rings is 1. The van der Waals surface area contributed by atoms with E-state index in [2.05, 4.69) is 10.6 Å². The van der Waals surface area contributed by atoms with Crippen molar-refractivity contribution in [2.75, 3.05) is 19.6 Å². The molecule has 2 saturated heterocycles. The van der Waals surface area contributed by atoms with Crippen LogP contribution in [0.2, 0.25) is 0 Å². The summed E-state index contributed by atoms with van der Waals surface area (Å²) in [6, 6.07) is 9.62. The maximum atomic E-state index is 12.0. The lowest BCUT2D eigenvalue weighted by molar-refractivity contribution is -0.119. The standard InChI is InChI=1S/C15H19N3O3/c19-13-10-16-15(17-13)6-8-18(9-7-15)14(20)21-11-12-4-2-1-3-5-12/h1-5,16H,6-11H2,(H,17,19). The van der Waals surface area contributed by atoms with Crippen LogP contribution in [0.5, 0.6) is 0 Å². The molecule has 2 heterocycles. The van der Waals surface area contributed by atoms with Crippen molar-refractivity contribution in [2.45, 2.75) is 25.1 Å². The maximum absolute atomic E-state index is 12.0. The number of hydrogen-bond donors (Lipinski definition) is 2. The molecule has 6 heteroatoms. The Kier molecular flexibility index (Phi) is 3.79. The van der Waals surface area contributed by atoms with Crippen LogP contribution in [0.25, 0.3) is 0 Å². The highest BCUT2D eigenvalue weighted by molar-refractivity contribution is 5.81. The highest BCUT2D eigenvalue weighted by Gasteiger charge is 2.41. The Morgan fingerprint density at radius 2 is 1.95 bits per heavy atom. The molecule has 0 unspecified atom stereocenters. The van der Waals surface area contributed by atoms with Gasteiger partial charge in [0, 0.05) is 25.9 Å². The van der Waals surface area contributed by atoms with Gasteiger partial charge in [-0.1, -0.05) is 30.3 Å². The van der Waals surface area contributed by atoms with Crippen LogP contribution in [0.4, 0.5) is 4.79 Å². The molecule has 0 aliphatic carbocycles. The number of amides is 2. The first-order valence-electron chi connectivity index (χ1n) is 7.19. The molecule has 2 aliphatic heterocycles. The Balaban J connectivity index is 1.48. The number of carbonyl (C=O) groups excluding carboxylic acids is 2. The van der Waals surface area contributed by atoms with E-state index in [-0.39, 0.29) is 24.3 Å². The number of piperidine rings is 1. The molecule has 0 aromatic heterocycles. The zero-order valence-corrected chi connectivity index (χ0v) is 11.8. The van der Waals surface area contributed by atoms with Crippen molar-refractivity contribution < 1.29 is 14.3 Å². The van der Waals surface area contributed by atoms with Gasteiger partial charge in [0.25, 0.3) is 0 Å². The average Bonchev–Trinajstić information content (AvgIpc) is 2.87. The topological polar surface area (TPSA) is 70.7 Å². The first-order chi connectivity index (χ1) is 10.2. The van der Waals surface area contributed by atoms with Crippen LogP contribution >= 0.6 is 0 Å². The summed E-state index contributed by atoms with van der Waals surface area (Å²) in [4.78, 5) is 25.0. The number of hydrogen-bond acceptors (Lipinski definition) is 4. The van der Waals surface area contributed by atoms with Gasteiger partial charge in [0.2, 0.25) is 5.91 Å². The minimum Gasteiger partial charge on any atom is -0.445 e. The Morgan fingerprint density at radius 1 is 1.24 bits per heavy atom. The second-order valence-corrected chi connectivity index (χ2v) is 5.51. The van der Waals surface area contributed by atoms with Crippen LogP contribution in [0, 0.1) is 0 Å². The molecule has 1 spiro atoms. The predicted molar refractivity (Wildman–Crippen MR) is 76.3 cm³/mol. The minimum atomic E-state index is -0.326. The van der Waals surface area contributed by atoms with Crippen molar-refractivity contribution in [1.29, 1.82) is 0 Å². The van der Waals surface area contributed by atoms with E-state index in [1.807, 2.05) is 30.3 Å². The van der Waals surface area contributed by atoms with Crippen LogP contribution < -0.4 is 10.6 Å². The zero-order chi connectivity index (χ0) is 14.7. The number of nitrogens with zero attached hydrogens (tertiary/aromatic N) is 1. The van der Waals surface area contributed by atoms with E-state index in [9.17, 15) is 9.59 Å². The van der Waals surface area contributed by atoms with Crippen molar-refractivity contribution in [3.05, 3.63) is 35.9 Å². The lowest BCUT2D eigenvalue weighted by Gasteiger charge is -2.38. The van der Waals surface area contributed by atoms with Gasteiger partial charge in [-0.3, -0.25) is 10.1 Å². The SMILES string of the molecule is O=C1CNC2(CCN(C(=O)OCc3ccccc3)CC2)N1. The molecule has 1 aromatic carbocycles. The molecular formula is C15H19N3O3. The van der Waals surface area contributed by atoms with E-state index < -0.39 is 0 Å². The first kappa shape index (κ1) is 13.9. The molecule has 1 aromatic rings. The Labute approximate surface area is 123 Å². The molecule has 0 bridgehead atoms. The van der Waals surface area contributed by atoms with Gasteiger partial charge >= 0.3 is 6.09 Å². The summed E-state index contributed by atoms with van der Waals surface area (Å²) in [5.74, 6) is 0.0232. The van der Waals surface area contributed by atoms with Crippen molar-refractivity contribution in [1.82, 2.24) is 15.5 Å². The summed E-state index contributed by atoms with van der Waals surface area (Å²) in [7, 11) is 0. The molecule has 21 heavy (non-hydrogen) atoms. The molecule has 2 aliphatic rings. The number of rotatable bonds is 2. The van der Waals surface area contributed by atoms with Gasteiger partial charge in [0.15, 0.2) is 0 Å². The molecule has 6 nitrogen and oxygen atoms in total. The first-order valence-corrected chi connectivity index (χ1v) is 7.19. The molecule has 0 saturated carbocycles. The van der Waals surface area contributed by atoms with E-state index >= 15 is 0 Å². The average molecular weight is 289 g/mol. The van der Waals surface area contributed by atoms with Crippen LogP contribution in [-0.2, 0) is 16.1 Å². The molecule has 2 N–H and O–H groups in total. The van der Waals surface area contributed by atoms with Crippen LogP contribution in [0.15, 0.2) is 30.3 Å². The quantitative estimate of drug-likeness (QED) is 0.846. The monoisotopic (exact) mass is 289 g/mol. The lowest BCUT2D eigenvalue weighted by Crippen LogP contribution is -2.57. The fourth-order valence-electron chi connectivity index (χ4n) is 2.79. The summed E-state index contributed by atoms with van der Waals surface area (Å²) in [5, 5.41) is 6.16. The highest BCUT2D eigenvalue weighted by atomic mass is 16.6. The Morgan fingerprint density at radius 3 is 2.57 bits per heavy atom. The Bertz CT molecular complexity index is 524. The number of carbonyl (C=O) groups is 2. The smallest absolute Gasteiger partial charge is 0.410 e. The molecule has 2 fully saturated rings. The van der Waals surface area contributed by atoms with Crippen molar-refractivity contribution in [2.24, 2.45) is 0 Å². The van der Waals surface area contributed by atoms with Gasteiger partial charge in [-0.05, 0) is 5.56 Å². The minimum absolute atomic E-state index is 0.0232. The summed E-state index contributed by atoms with van der Waals surface area (Å²) in [5.41, 5.74) is 0.650. The van der Waals surface area contributed by atoms with Crippen LogP contribution in [0.1, 0.15) is 18.4 Å². The second kappa shape index (κ2) is 5.73. The normalized spacial score (nSPS) is 20.4. The van der Waals surface area contributed by atoms with E-state index in [0.717, 1.165) is 5.56 Å². The van der Waals surface area contributed by atoms with Gasteiger partial charge < -0.3 is 15.0 Å². The molecule has 0 atom stereocenters. The maximum Gasteiger partial charge on any atom is 0.410 e. The summed E-state index contributed by atoms with van der Waals surface area (Å²) in [6.07, 6.45) is 1.12. The lowest BCUT2D eigenvalue weighted by atomic mass is 9.98. The van der Waals surface area contributed by atoms with Crippen LogP contribution in [-0.4, -0.2) is 42.2 Å². The largest absolute Gasteiger partial charge is 0.445 e. The van der Waals surface area contributed by atoms with Gasteiger partial charge in [0.05, 0.1) is 12.2 Å². The fraction of sp³-hybridized carbons (Fsp3) is 0.467. The third-order valence-electron chi connectivity index (χ3n) is 4.05. The van der Waals surface area contributed by atoms with Gasteiger partial charge in [0.1, 0.15) is 6.61 Å². The van der Waals surface area contributed by atoms with Crippen molar-refractivity contribution in [3.63, 3.8) is 0 Å². The third-order valence-corrected chi connectivity index (χ3v) is 4.05. The fourth-order valence-corrected chi connectivity index (χ4v) is 2.79. The Hall–Kier alpha value is -2.08. The van der Waals surface area contributed by atoms with Gasteiger partial charge in [-0.25, -0.2) is 4.79 Å². The molecular weight excluding hydrogens is 270 g/mol. The van der Waals surface area contributed by atoms with E-state index in [1.54, 1.807) is 4.90 Å². The number of ether oxygens (including phenoxy) is 1. The van der Waals surface area contributed by atoms with E-state index in [0.29, 0.717) is 32.5 Å². The van der Waals surface area contributed by atoms with Crippen LogP contribution in [0.3, 0.4) is 0 Å². The molecule has 0 radical (unpaired) electrons. The summed E-state index contributed by atoms with van der Waals surface area (Å²) < 4.78 is 5.32. The van der Waals surface area contributed by atoms with E-state index in [1.165, 1.54) is 0 Å². The molecule has 3 rings (SSSR count). The number of nitrogens with one attached hydrogen (secondary N) is 2. The molecule has 2 amide bonds. The summed E-state index contributed by atoms with van der Waals surface area (Å²) in [6.45, 7) is 1.82. The van der Waals surface area contributed by atoms with Crippen molar-refractivity contribution in [3.8, 4) is 0 Å². The number of likely N-dealkylation sites (tertiary alicyclic amines) is 1. The highest BCUT2D eigenvalue weighted by Crippen LogP contribution is 2.22. The van der Waals surface area contributed by atoms with Crippen molar-refractivity contribution >= 4 is 12.0 Å². The molecule has 112 valence electrons. The predicted octanol–water partition coefficient (Wildman–Crippen LogP) is 0.835. The van der Waals surface area contributed by atoms with Gasteiger partial charge in [-0.15, -0.1) is 0 Å². The van der Waals surface area contributed by atoms with Gasteiger partial charge in [-0.2, -0.15) is 0 Å².